The molecule has 1 atom stereocenters. The van der Waals surface area contributed by atoms with Crippen LogP contribution in [0.25, 0.3) is 11.3 Å². The second kappa shape index (κ2) is 10.3. The van der Waals surface area contributed by atoms with E-state index in [4.69, 9.17) is 4.74 Å². The maximum absolute atomic E-state index is 14.7. The van der Waals surface area contributed by atoms with Crippen molar-refractivity contribution in [3.8, 4) is 11.3 Å². The van der Waals surface area contributed by atoms with Crippen molar-refractivity contribution in [3.05, 3.63) is 41.6 Å². The number of imidazole rings is 1. The molecule has 0 bridgehead atoms. The first-order chi connectivity index (χ1) is 16.2. The van der Waals surface area contributed by atoms with E-state index in [2.05, 4.69) is 10.4 Å². The normalized spacial score (nSPS) is 16.7. The molecule has 0 spiro atoms. The molecule has 10 nitrogen and oxygen atoms in total. The summed E-state index contributed by atoms with van der Waals surface area (Å²) in [5.41, 5.74) is 2.45. The number of nitrogens with zero attached hydrogens (tertiary/aromatic N) is 3. The molecule has 0 radical (unpaired) electrons. The van der Waals surface area contributed by atoms with Crippen molar-refractivity contribution in [2.45, 2.75) is 46.1 Å². The average Bonchev–Trinajstić information content (AvgIpc) is 3.19. The zero-order chi connectivity index (χ0) is 26.0. The van der Waals surface area contributed by atoms with Gasteiger partial charge in [-0.1, -0.05) is 0 Å². The lowest BCUT2D eigenvalue weighted by molar-refractivity contribution is 0.0176. The largest absolute Gasteiger partial charge is 0.444 e. The first-order valence-corrected chi connectivity index (χ1v) is 13.0. The molecule has 1 aliphatic rings. The third-order valence-electron chi connectivity index (χ3n) is 5.45. The van der Waals surface area contributed by atoms with Crippen molar-refractivity contribution in [1.29, 1.82) is 0 Å². The standard InChI is InChI=1S/C23H32FN5O5S/c1-15-9-17(19-12-28(5)14-25-19)10-18(20(15)24)21(30)26-27-35(32,33)13-16-7-6-8-29(11-16)22(31)34-23(2,3)4/h9-10,12,14,16,27H,6-8,11,13H2,1-5H3,(H,26,30). The molecule has 1 aromatic carbocycles. The number of aryl methyl sites for hydroxylation is 2. The summed E-state index contributed by atoms with van der Waals surface area (Å²) in [6, 6.07) is 2.90. The maximum Gasteiger partial charge on any atom is 0.410 e. The van der Waals surface area contributed by atoms with Crippen LogP contribution in [0.1, 0.15) is 49.5 Å². The number of hydrogen-bond acceptors (Lipinski definition) is 6. The van der Waals surface area contributed by atoms with E-state index in [0.29, 0.717) is 30.6 Å². The van der Waals surface area contributed by atoms with Gasteiger partial charge in [0.1, 0.15) is 11.4 Å². The smallest absolute Gasteiger partial charge is 0.410 e. The van der Waals surface area contributed by atoms with Gasteiger partial charge in [0, 0.05) is 31.9 Å². The molecule has 1 aromatic heterocycles. The lowest BCUT2D eigenvalue weighted by Gasteiger charge is -2.34. The van der Waals surface area contributed by atoms with Crippen LogP contribution in [-0.2, 0) is 21.8 Å². The fourth-order valence-electron chi connectivity index (χ4n) is 3.88. The number of halogens is 1. The molecular weight excluding hydrogens is 477 g/mol. The molecule has 2 N–H and O–H groups in total. The maximum atomic E-state index is 14.7. The van der Waals surface area contributed by atoms with E-state index in [-0.39, 0.29) is 29.3 Å². The SMILES string of the molecule is Cc1cc(-c2cn(C)cn2)cc(C(=O)NNS(=O)(=O)CC2CCCN(C(=O)OC(C)(C)C)C2)c1F. The van der Waals surface area contributed by atoms with Crippen molar-refractivity contribution in [1.82, 2.24) is 24.7 Å². The Bertz CT molecular complexity index is 1210. The highest BCUT2D eigenvalue weighted by Crippen LogP contribution is 2.24. The number of hydrazine groups is 1. The average molecular weight is 510 g/mol. The third kappa shape index (κ3) is 7.25. The minimum absolute atomic E-state index is 0.226. The quantitative estimate of drug-likeness (QED) is 0.578. The predicted octanol–water partition coefficient (Wildman–Crippen LogP) is 2.75. The summed E-state index contributed by atoms with van der Waals surface area (Å²) >= 11 is 0. The number of ether oxygens (including phenoxy) is 1. The Morgan fingerprint density at radius 3 is 2.63 bits per heavy atom. The van der Waals surface area contributed by atoms with Crippen LogP contribution in [0.15, 0.2) is 24.7 Å². The number of carbonyl (C=O) groups is 2. The van der Waals surface area contributed by atoms with Crippen molar-refractivity contribution in [3.63, 3.8) is 0 Å². The van der Waals surface area contributed by atoms with Crippen LogP contribution >= 0.6 is 0 Å². The number of nitrogens with one attached hydrogen (secondary N) is 2. The molecule has 2 aromatic rings. The number of likely N-dealkylation sites (tertiary alicyclic amines) is 1. The molecule has 35 heavy (non-hydrogen) atoms. The summed E-state index contributed by atoms with van der Waals surface area (Å²) in [5.74, 6) is -2.31. The van der Waals surface area contributed by atoms with Gasteiger partial charge in [0.25, 0.3) is 5.91 Å². The molecule has 1 unspecified atom stereocenters. The van der Waals surface area contributed by atoms with Gasteiger partial charge >= 0.3 is 6.09 Å². The first-order valence-electron chi connectivity index (χ1n) is 11.3. The summed E-state index contributed by atoms with van der Waals surface area (Å²) in [5, 5.41) is 0. The molecule has 1 saturated heterocycles. The number of benzene rings is 1. The molecular formula is C23H32FN5O5S. The van der Waals surface area contributed by atoms with Gasteiger partial charge in [-0.05, 0) is 64.2 Å². The fourth-order valence-corrected chi connectivity index (χ4v) is 5.11. The molecule has 0 aliphatic carbocycles. The number of aromatic nitrogens is 2. The predicted molar refractivity (Wildman–Crippen MR) is 128 cm³/mol. The Labute approximate surface area is 204 Å². The molecule has 2 heterocycles. The summed E-state index contributed by atoms with van der Waals surface area (Å²) in [7, 11) is -2.16. The van der Waals surface area contributed by atoms with Gasteiger partial charge < -0.3 is 14.2 Å². The Kier molecular flexibility index (Phi) is 7.85. The van der Waals surface area contributed by atoms with Gasteiger partial charge in [0.2, 0.25) is 10.0 Å². The minimum atomic E-state index is -3.95. The van der Waals surface area contributed by atoms with Crippen LogP contribution in [-0.4, -0.2) is 59.3 Å². The van der Waals surface area contributed by atoms with E-state index < -0.39 is 33.4 Å². The Balaban J connectivity index is 1.63. The third-order valence-corrected chi connectivity index (χ3v) is 6.77. The molecule has 1 aliphatic heterocycles. The van der Waals surface area contributed by atoms with E-state index in [0.717, 1.165) is 0 Å². The number of sulfonamides is 1. The van der Waals surface area contributed by atoms with Gasteiger partial charge in [0.15, 0.2) is 0 Å². The van der Waals surface area contributed by atoms with E-state index in [1.165, 1.54) is 17.9 Å². The van der Waals surface area contributed by atoms with E-state index in [9.17, 15) is 22.4 Å². The Hall–Kier alpha value is -2.99. The van der Waals surface area contributed by atoms with Crippen LogP contribution in [0.2, 0.25) is 0 Å². The highest BCUT2D eigenvalue weighted by Gasteiger charge is 2.30. The van der Waals surface area contributed by atoms with Crippen LogP contribution in [0.3, 0.4) is 0 Å². The zero-order valence-corrected chi connectivity index (χ0v) is 21.4. The molecule has 192 valence electrons. The number of rotatable bonds is 6. The molecule has 3 rings (SSSR count). The van der Waals surface area contributed by atoms with Gasteiger partial charge in [-0.3, -0.25) is 10.2 Å². The summed E-state index contributed by atoms with van der Waals surface area (Å²) in [4.78, 5) is 32.7. The Morgan fingerprint density at radius 1 is 1.29 bits per heavy atom. The van der Waals surface area contributed by atoms with Gasteiger partial charge in [-0.25, -0.2) is 22.6 Å². The van der Waals surface area contributed by atoms with E-state index >= 15 is 0 Å². The van der Waals surface area contributed by atoms with Gasteiger partial charge in [-0.2, -0.15) is 0 Å². The minimum Gasteiger partial charge on any atom is -0.444 e. The molecule has 12 heteroatoms. The fraction of sp³-hybridized carbons (Fsp3) is 0.522. The van der Waals surface area contributed by atoms with Crippen LogP contribution in [0.4, 0.5) is 9.18 Å². The van der Waals surface area contributed by atoms with E-state index in [1.807, 2.05) is 4.83 Å². The Morgan fingerprint density at radius 2 is 2.00 bits per heavy atom. The topological polar surface area (TPSA) is 123 Å². The van der Waals surface area contributed by atoms with Crippen LogP contribution in [0, 0.1) is 18.7 Å². The van der Waals surface area contributed by atoms with E-state index in [1.54, 1.807) is 51.0 Å². The van der Waals surface area contributed by atoms with Crippen molar-refractivity contribution in [2.24, 2.45) is 13.0 Å². The number of piperidine rings is 1. The lowest BCUT2D eigenvalue weighted by Crippen LogP contribution is -2.48. The summed E-state index contributed by atoms with van der Waals surface area (Å²) < 4.78 is 47.0. The van der Waals surface area contributed by atoms with Crippen LogP contribution in [0.5, 0.6) is 0 Å². The monoisotopic (exact) mass is 509 g/mol. The highest BCUT2D eigenvalue weighted by atomic mass is 32.2. The first kappa shape index (κ1) is 26.6. The summed E-state index contributed by atoms with van der Waals surface area (Å²) in [6.07, 6.45) is 4.06. The number of hydrogen-bond donors (Lipinski definition) is 2. The lowest BCUT2D eigenvalue weighted by atomic mass is 10.0. The second-order valence-electron chi connectivity index (χ2n) is 9.85. The van der Waals surface area contributed by atoms with Crippen LogP contribution < -0.4 is 10.3 Å². The molecule has 2 amide bonds. The number of amides is 2. The van der Waals surface area contributed by atoms with Crippen molar-refractivity contribution < 1.29 is 27.1 Å². The highest BCUT2D eigenvalue weighted by molar-refractivity contribution is 7.89. The van der Waals surface area contributed by atoms with Gasteiger partial charge in [-0.15, -0.1) is 4.83 Å². The van der Waals surface area contributed by atoms with Crippen molar-refractivity contribution >= 4 is 22.0 Å². The van der Waals surface area contributed by atoms with Gasteiger partial charge in [0.05, 0.1) is 23.3 Å². The number of carbonyl (C=O) groups excluding carboxylic acids is 2. The summed E-state index contributed by atoms with van der Waals surface area (Å²) in [6.45, 7) is 7.52. The van der Waals surface area contributed by atoms with Crippen molar-refractivity contribution in [2.75, 3.05) is 18.8 Å². The molecule has 0 saturated carbocycles. The second-order valence-corrected chi connectivity index (χ2v) is 11.6. The zero-order valence-electron chi connectivity index (χ0n) is 20.6. The molecule has 1 fully saturated rings.